The van der Waals surface area contributed by atoms with Gasteiger partial charge in [-0.3, -0.25) is 14.5 Å². The van der Waals surface area contributed by atoms with Crippen molar-refractivity contribution in [3.63, 3.8) is 0 Å². The van der Waals surface area contributed by atoms with Gasteiger partial charge in [-0.1, -0.05) is 12.1 Å². The fraction of sp³-hybridized carbons (Fsp3) is 0.409. The van der Waals surface area contributed by atoms with Crippen molar-refractivity contribution in [2.75, 3.05) is 13.2 Å². The van der Waals surface area contributed by atoms with Gasteiger partial charge in [-0.2, -0.15) is 5.10 Å². The Bertz CT molecular complexity index is 1060. The quantitative estimate of drug-likeness (QED) is 0.543. The molecule has 0 bridgehead atoms. The van der Waals surface area contributed by atoms with Gasteiger partial charge in [0.2, 0.25) is 5.91 Å². The molecule has 1 amide bonds. The normalized spacial score (nSPS) is 12.7. The number of carbonyl (C=O) groups excluding carboxylic acids is 1. The molecule has 0 fully saturated rings. The van der Waals surface area contributed by atoms with Crippen molar-refractivity contribution in [3.8, 4) is 5.75 Å². The minimum absolute atomic E-state index is 0.0863. The van der Waals surface area contributed by atoms with Crippen LogP contribution in [0.2, 0.25) is 0 Å². The zero-order chi connectivity index (χ0) is 22.6. The van der Waals surface area contributed by atoms with Gasteiger partial charge in [0.05, 0.1) is 30.3 Å². The second kappa shape index (κ2) is 9.38. The molecule has 0 unspecified atom stereocenters. The molecule has 0 aliphatic rings. The standard InChI is InChI=1S/C22H26F2N4O3/c1-14-8-16(4-5-20(14)31-13-22(3,23)24)11-28-12-17-18(27-28)6-7-25-19(17)9-21(30)26-10-15(2)29/h4-8,12,15,29H,9-11,13H2,1-3H3,(H,26,30)/t15-/m1/s1. The summed E-state index contributed by atoms with van der Waals surface area (Å²) in [5, 5.41) is 17.3. The number of halogens is 2. The molecule has 3 rings (SSSR count). The zero-order valence-corrected chi connectivity index (χ0v) is 17.7. The first-order valence-corrected chi connectivity index (χ1v) is 9.97. The van der Waals surface area contributed by atoms with E-state index in [1.807, 2.05) is 18.3 Å². The van der Waals surface area contributed by atoms with Crippen LogP contribution in [0.3, 0.4) is 0 Å². The van der Waals surface area contributed by atoms with Crippen molar-refractivity contribution in [1.82, 2.24) is 20.1 Å². The number of hydrogen-bond donors (Lipinski definition) is 2. The maximum absolute atomic E-state index is 13.0. The number of fused-ring (bicyclic) bond motifs is 1. The van der Waals surface area contributed by atoms with Crippen LogP contribution >= 0.6 is 0 Å². The molecule has 0 aliphatic carbocycles. The molecule has 9 heteroatoms. The molecule has 3 aromatic rings. The second-order valence-electron chi connectivity index (χ2n) is 7.81. The number of rotatable bonds is 9. The van der Waals surface area contributed by atoms with E-state index in [2.05, 4.69) is 15.4 Å². The molecule has 2 heterocycles. The van der Waals surface area contributed by atoms with Crippen LogP contribution in [0.5, 0.6) is 5.75 Å². The number of amides is 1. The van der Waals surface area contributed by atoms with Gasteiger partial charge in [0.25, 0.3) is 5.92 Å². The van der Waals surface area contributed by atoms with Crippen LogP contribution in [0.4, 0.5) is 8.78 Å². The fourth-order valence-corrected chi connectivity index (χ4v) is 3.11. The third kappa shape index (κ3) is 6.45. The van der Waals surface area contributed by atoms with Crippen LogP contribution in [0.25, 0.3) is 10.9 Å². The van der Waals surface area contributed by atoms with Gasteiger partial charge in [0, 0.05) is 31.2 Å². The van der Waals surface area contributed by atoms with Gasteiger partial charge in [-0.05, 0) is 37.1 Å². The molecule has 1 atom stereocenters. The molecule has 0 saturated carbocycles. The van der Waals surface area contributed by atoms with Gasteiger partial charge in [-0.25, -0.2) is 8.78 Å². The van der Waals surface area contributed by atoms with E-state index in [1.165, 1.54) is 0 Å². The van der Waals surface area contributed by atoms with Gasteiger partial charge in [0.15, 0.2) is 6.61 Å². The SMILES string of the molecule is Cc1cc(Cn2cc3c(CC(=O)NC[C@@H](C)O)nccc3n2)ccc1OCC(C)(F)F. The van der Waals surface area contributed by atoms with Crippen molar-refractivity contribution in [2.45, 2.75) is 45.8 Å². The summed E-state index contributed by atoms with van der Waals surface area (Å²) < 4.78 is 33.0. The van der Waals surface area contributed by atoms with Gasteiger partial charge in [-0.15, -0.1) is 0 Å². The third-order valence-electron chi connectivity index (χ3n) is 4.55. The fourth-order valence-electron chi connectivity index (χ4n) is 3.11. The lowest BCUT2D eigenvalue weighted by Gasteiger charge is -2.14. The van der Waals surface area contributed by atoms with E-state index in [9.17, 15) is 18.7 Å². The number of pyridine rings is 1. The van der Waals surface area contributed by atoms with Crippen LogP contribution in [-0.2, 0) is 17.8 Å². The first-order valence-electron chi connectivity index (χ1n) is 9.97. The third-order valence-corrected chi connectivity index (χ3v) is 4.55. The number of nitrogens with one attached hydrogen (secondary N) is 1. The van der Waals surface area contributed by atoms with Crippen LogP contribution < -0.4 is 10.1 Å². The number of alkyl halides is 2. The Morgan fingerprint density at radius 2 is 2.13 bits per heavy atom. The molecule has 0 saturated heterocycles. The summed E-state index contributed by atoms with van der Waals surface area (Å²) in [5.41, 5.74) is 3.02. The van der Waals surface area contributed by atoms with E-state index in [0.29, 0.717) is 18.0 Å². The molecular formula is C22H26F2N4O3. The summed E-state index contributed by atoms with van der Waals surface area (Å²) in [4.78, 5) is 16.4. The summed E-state index contributed by atoms with van der Waals surface area (Å²) in [7, 11) is 0. The van der Waals surface area contributed by atoms with Crippen LogP contribution in [-0.4, -0.2) is 51.0 Å². The smallest absolute Gasteiger partial charge is 0.278 e. The molecule has 7 nitrogen and oxygen atoms in total. The van der Waals surface area contributed by atoms with Crippen molar-refractivity contribution < 1.29 is 23.4 Å². The molecular weight excluding hydrogens is 406 g/mol. The van der Waals surface area contributed by atoms with Crippen LogP contribution in [0.1, 0.15) is 30.7 Å². The van der Waals surface area contributed by atoms with E-state index in [-0.39, 0.29) is 18.9 Å². The number of aromatic nitrogens is 3. The van der Waals surface area contributed by atoms with E-state index < -0.39 is 18.6 Å². The number of hydrogen-bond acceptors (Lipinski definition) is 5. The number of ether oxygens (including phenoxy) is 1. The summed E-state index contributed by atoms with van der Waals surface area (Å²) in [6.45, 7) is 4.20. The van der Waals surface area contributed by atoms with Gasteiger partial charge >= 0.3 is 0 Å². The van der Waals surface area contributed by atoms with Crippen molar-refractivity contribution in [3.05, 3.63) is 53.5 Å². The van der Waals surface area contributed by atoms with Crippen LogP contribution in [0.15, 0.2) is 36.7 Å². The Labute approximate surface area is 179 Å². The second-order valence-corrected chi connectivity index (χ2v) is 7.81. The maximum Gasteiger partial charge on any atom is 0.278 e. The Morgan fingerprint density at radius 1 is 1.35 bits per heavy atom. The molecule has 0 radical (unpaired) electrons. The van der Waals surface area contributed by atoms with Crippen molar-refractivity contribution >= 4 is 16.8 Å². The molecule has 2 aromatic heterocycles. The highest BCUT2D eigenvalue weighted by atomic mass is 19.3. The average Bonchev–Trinajstić information content (AvgIpc) is 3.08. The summed E-state index contributed by atoms with van der Waals surface area (Å²) in [6, 6.07) is 7.14. The molecule has 1 aromatic carbocycles. The van der Waals surface area contributed by atoms with Crippen molar-refractivity contribution in [2.24, 2.45) is 0 Å². The van der Waals surface area contributed by atoms with Gasteiger partial charge in [0.1, 0.15) is 5.75 Å². The Morgan fingerprint density at radius 3 is 2.81 bits per heavy atom. The maximum atomic E-state index is 13.0. The lowest BCUT2D eigenvalue weighted by molar-refractivity contribution is -0.120. The topological polar surface area (TPSA) is 89.3 Å². The summed E-state index contributed by atoms with van der Waals surface area (Å²) >= 11 is 0. The first-order chi connectivity index (χ1) is 14.6. The summed E-state index contributed by atoms with van der Waals surface area (Å²) in [6.07, 6.45) is 2.91. The number of carbonyl (C=O) groups is 1. The lowest BCUT2D eigenvalue weighted by Crippen LogP contribution is -2.31. The molecule has 166 valence electrons. The summed E-state index contributed by atoms with van der Waals surface area (Å²) in [5.74, 6) is -2.69. The van der Waals surface area contributed by atoms with E-state index in [1.54, 1.807) is 36.9 Å². The highest BCUT2D eigenvalue weighted by Crippen LogP contribution is 2.23. The Hall–Kier alpha value is -3.07. The first kappa shape index (κ1) is 22.6. The van der Waals surface area contributed by atoms with Crippen molar-refractivity contribution in [1.29, 1.82) is 0 Å². The zero-order valence-electron chi connectivity index (χ0n) is 17.7. The minimum Gasteiger partial charge on any atom is -0.487 e. The number of aliphatic hydroxyl groups excluding tert-OH is 1. The molecule has 31 heavy (non-hydrogen) atoms. The lowest BCUT2D eigenvalue weighted by atomic mass is 10.1. The Kier molecular flexibility index (Phi) is 6.84. The van der Waals surface area contributed by atoms with Crippen LogP contribution in [0, 0.1) is 6.92 Å². The molecule has 0 spiro atoms. The minimum atomic E-state index is -2.89. The predicted octanol–water partition coefficient (Wildman–Crippen LogP) is 2.86. The number of aliphatic hydroxyl groups is 1. The van der Waals surface area contributed by atoms with E-state index in [4.69, 9.17) is 4.74 Å². The predicted molar refractivity (Wildman–Crippen MR) is 112 cm³/mol. The number of benzene rings is 1. The number of nitrogens with zero attached hydrogens (tertiary/aromatic N) is 3. The number of aryl methyl sites for hydroxylation is 1. The van der Waals surface area contributed by atoms with Gasteiger partial charge < -0.3 is 15.2 Å². The van der Waals surface area contributed by atoms with E-state index in [0.717, 1.165) is 29.0 Å². The molecule has 0 aliphatic heterocycles. The Balaban J connectivity index is 1.72. The monoisotopic (exact) mass is 432 g/mol. The highest BCUT2D eigenvalue weighted by molar-refractivity contribution is 5.86. The highest BCUT2D eigenvalue weighted by Gasteiger charge is 2.22. The molecule has 2 N–H and O–H groups in total. The average molecular weight is 432 g/mol. The van der Waals surface area contributed by atoms with E-state index >= 15 is 0 Å². The largest absolute Gasteiger partial charge is 0.487 e.